The lowest BCUT2D eigenvalue weighted by Crippen LogP contribution is -2.50. The van der Waals surface area contributed by atoms with Gasteiger partial charge in [0, 0.05) is 18.5 Å². The molecule has 1 aromatic rings. The average molecular weight is 308 g/mol. The predicted octanol–water partition coefficient (Wildman–Crippen LogP) is 2.71. The fraction of sp³-hybridized carbons (Fsp3) is 0.467. The Hall–Kier alpha value is -1.69. The van der Waals surface area contributed by atoms with Crippen molar-refractivity contribution in [2.75, 3.05) is 17.7 Å². The van der Waals surface area contributed by atoms with Crippen LogP contribution in [-0.4, -0.2) is 46.2 Å². The number of carbonyl (C=O) groups excluding carboxylic acids is 1. The molecule has 6 heteroatoms. The summed E-state index contributed by atoms with van der Waals surface area (Å²) < 4.78 is 0. The molecule has 2 rings (SSSR count). The maximum atomic E-state index is 12.7. The number of anilines is 1. The van der Waals surface area contributed by atoms with Gasteiger partial charge in [0.25, 0.3) is 0 Å². The fourth-order valence-electron chi connectivity index (χ4n) is 2.55. The summed E-state index contributed by atoms with van der Waals surface area (Å²) in [6, 6.07) is 4.86. The Morgan fingerprint density at radius 3 is 2.38 bits per heavy atom. The molecule has 2 amide bonds. The van der Waals surface area contributed by atoms with Gasteiger partial charge in [-0.05, 0) is 44.0 Å². The molecule has 2 unspecified atom stereocenters. The number of hydrogen-bond acceptors (Lipinski definition) is 3. The molecule has 0 spiro atoms. The molecule has 0 radical (unpaired) electrons. The third-order valence-corrected chi connectivity index (χ3v) is 4.83. The van der Waals surface area contributed by atoms with E-state index < -0.39 is 12.0 Å². The summed E-state index contributed by atoms with van der Waals surface area (Å²) in [7, 11) is 1.69. The number of hydrogen-bond donors (Lipinski definition) is 1. The molecule has 1 N–H and O–H groups in total. The Labute approximate surface area is 128 Å². The van der Waals surface area contributed by atoms with Gasteiger partial charge in [-0.15, -0.1) is 11.8 Å². The van der Waals surface area contributed by atoms with Crippen LogP contribution < -0.4 is 4.90 Å². The van der Waals surface area contributed by atoms with Gasteiger partial charge in [-0.25, -0.2) is 9.59 Å². The number of aryl methyl sites for hydroxylation is 2. The molecule has 0 bridgehead atoms. The average Bonchev–Trinajstić information content (AvgIpc) is 2.78. The lowest BCUT2D eigenvalue weighted by atomic mass is 10.1. The summed E-state index contributed by atoms with van der Waals surface area (Å²) in [5, 5.41) is 9.13. The molecule has 1 aliphatic heterocycles. The molecule has 1 aromatic carbocycles. The molecule has 5 nitrogen and oxygen atoms in total. The second-order valence-corrected chi connectivity index (χ2v) is 6.73. The number of amides is 2. The fourth-order valence-corrected chi connectivity index (χ4v) is 3.71. The number of thioether (sulfide) groups is 1. The number of urea groups is 1. The van der Waals surface area contributed by atoms with Crippen molar-refractivity contribution >= 4 is 29.4 Å². The van der Waals surface area contributed by atoms with E-state index in [1.165, 1.54) is 21.6 Å². The van der Waals surface area contributed by atoms with Crippen LogP contribution in [0, 0.1) is 13.8 Å². The standard InChI is InChI=1S/C15H20N2O3S/c1-9-5-10(2)7-12(6-9)16(4)15(20)17-11(3)21-8-13(17)14(18)19/h5-7,11,13H,8H2,1-4H3,(H,18,19). The largest absolute Gasteiger partial charge is 0.480 e. The van der Waals surface area contributed by atoms with Crippen LogP contribution in [0.2, 0.25) is 0 Å². The van der Waals surface area contributed by atoms with Crippen molar-refractivity contribution in [3.63, 3.8) is 0 Å². The van der Waals surface area contributed by atoms with Gasteiger partial charge in [-0.2, -0.15) is 0 Å². The van der Waals surface area contributed by atoms with E-state index in [4.69, 9.17) is 0 Å². The zero-order valence-electron chi connectivity index (χ0n) is 12.7. The highest BCUT2D eigenvalue weighted by atomic mass is 32.2. The molecular formula is C15H20N2O3S. The van der Waals surface area contributed by atoms with Gasteiger partial charge in [-0.3, -0.25) is 9.80 Å². The monoisotopic (exact) mass is 308 g/mol. The number of carbonyl (C=O) groups is 2. The zero-order chi connectivity index (χ0) is 15.7. The maximum Gasteiger partial charge on any atom is 0.327 e. The van der Waals surface area contributed by atoms with Crippen molar-refractivity contribution in [2.45, 2.75) is 32.2 Å². The Bertz CT molecular complexity index is 556. The third kappa shape index (κ3) is 3.15. The minimum Gasteiger partial charge on any atom is -0.480 e. The summed E-state index contributed by atoms with van der Waals surface area (Å²) in [6.07, 6.45) is 0. The van der Waals surface area contributed by atoms with Crippen molar-refractivity contribution in [3.05, 3.63) is 29.3 Å². The maximum absolute atomic E-state index is 12.7. The summed E-state index contributed by atoms with van der Waals surface area (Å²) in [4.78, 5) is 26.9. The Morgan fingerprint density at radius 2 is 1.86 bits per heavy atom. The Morgan fingerprint density at radius 1 is 1.29 bits per heavy atom. The predicted molar refractivity (Wildman–Crippen MR) is 84.9 cm³/mol. The quantitative estimate of drug-likeness (QED) is 0.912. The van der Waals surface area contributed by atoms with Crippen LogP contribution >= 0.6 is 11.8 Å². The summed E-state index contributed by atoms with van der Waals surface area (Å²) in [5.41, 5.74) is 2.93. The van der Waals surface area contributed by atoms with Gasteiger partial charge >= 0.3 is 12.0 Å². The van der Waals surface area contributed by atoms with Crippen molar-refractivity contribution in [3.8, 4) is 0 Å². The first-order valence-electron chi connectivity index (χ1n) is 6.80. The molecule has 1 heterocycles. The van der Waals surface area contributed by atoms with Gasteiger partial charge in [-0.1, -0.05) is 6.07 Å². The topological polar surface area (TPSA) is 60.9 Å². The first kappa shape index (κ1) is 15.7. The van der Waals surface area contributed by atoms with Crippen LogP contribution in [0.5, 0.6) is 0 Å². The van der Waals surface area contributed by atoms with Crippen LogP contribution in [0.1, 0.15) is 18.1 Å². The minimum absolute atomic E-state index is 0.132. The number of carboxylic acid groups (broad SMARTS) is 1. The minimum atomic E-state index is -0.950. The van der Waals surface area contributed by atoms with E-state index >= 15 is 0 Å². The lowest BCUT2D eigenvalue weighted by molar-refractivity contribution is -0.141. The van der Waals surface area contributed by atoms with Crippen LogP contribution in [0.25, 0.3) is 0 Å². The molecule has 2 atom stereocenters. The number of benzene rings is 1. The second-order valence-electron chi connectivity index (χ2n) is 5.38. The number of nitrogens with zero attached hydrogens (tertiary/aromatic N) is 2. The van der Waals surface area contributed by atoms with E-state index in [-0.39, 0.29) is 11.4 Å². The lowest BCUT2D eigenvalue weighted by Gasteiger charge is -2.30. The molecule has 0 saturated carbocycles. The van der Waals surface area contributed by atoms with Crippen molar-refractivity contribution in [1.29, 1.82) is 0 Å². The Balaban J connectivity index is 2.27. The van der Waals surface area contributed by atoms with Gasteiger partial charge in [0.2, 0.25) is 0 Å². The van der Waals surface area contributed by atoms with Crippen LogP contribution in [-0.2, 0) is 4.79 Å². The van der Waals surface area contributed by atoms with Crippen molar-refractivity contribution < 1.29 is 14.7 Å². The van der Waals surface area contributed by atoms with Gasteiger partial charge in [0.15, 0.2) is 0 Å². The summed E-state index contributed by atoms with van der Waals surface area (Å²) in [6.45, 7) is 5.81. The van der Waals surface area contributed by atoms with Crippen LogP contribution in [0.4, 0.5) is 10.5 Å². The number of carboxylic acids is 1. The first-order chi connectivity index (χ1) is 9.81. The molecule has 1 aliphatic rings. The van der Waals surface area contributed by atoms with E-state index in [9.17, 15) is 14.7 Å². The first-order valence-corrected chi connectivity index (χ1v) is 7.85. The van der Waals surface area contributed by atoms with E-state index in [1.54, 1.807) is 7.05 Å². The second kappa shape index (κ2) is 5.97. The van der Waals surface area contributed by atoms with E-state index in [2.05, 4.69) is 0 Å². The number of rotatable bonds is 2. The molecule has 1 fully saturated rings. The highest BCUT2D eigenvalue weighted by Gasteiger charge is 2.40. The summed E-state index contributed by atoms with van der Waals surface area (Å²) in [5.74, 6) is -0.517. The number of aliphatic carboxylic acids is 1. The van der Waals surface area contributed by atoms with Crippen LogP contribution in [0.15, 0.2) is 18.2 Å². The van der Waals surface area contributed by atoms with Crippen LogP contribution in [0.3, 0.4) is 0 Å². The highest BCUT2D eigenvalue weighted by molar-refractivity contribution is 8.00. The Kier molecular flexibility index (Phi) is 4.46. The third-order valence-electron chi connectivity index (χ3n) is 3.61. The van der Waals surface area contributed by atoms with Crippen molar-refractivity contribution in [1.82, 2.24) is 4.90 Å². The smallest absolute Gasteiger partial charge is 0.327 e. The molecule has 114 valence electrons. The molecule has 21 heavy (non-hydrogen) atoms. The van der Waals surface area contributed by atoms with E-state index in [0.29, 0.717) is 5.75 Å². The van der Waals surface area contributed by atoms with Gasteiger partial charge < -0.3 is 5.11 Å². The molecule has 0 aliphatic carbocycles. The molecule has 1 saturated heterocycles. The van der Waals surface area contributed by atoms with Crippen molar-refractivity contribution in [2.24, 2.45) is 0 Å². The highest BCUT2D eigenvalue weighted by Crippen LogP contribution is 2.31. The van der Waals surface area contributed by atoms with Gasteiger partial charge in [0.05, 0.1) is 5.37 Å². The van der Waals surface area contributed by atoms with E-state index in [1.807, 2.05) is 39.0 Å². The SMILES string of the molecule is Cc1cc(C)cc(N(C)C(=O)N2C(C)SCC2C(=O)O)c1. The normalized spacial score (nSPS) is 21.4. The van der Waals surface area contributed by atoms with E-state index in [0.717, 1.165) is 16.8 Å². The van der Waals surface area contributed by atoms with Gasteiger partial charge in [0.1, 0.15) is 6.04 Å². The molecule has 0 aromatic heterocycles. The zero-order valence-corrected chi connectivity index (χ0v) is 13.5. The molecular weight excluding hydrogens is 288 g/mol. The summed E-state index contributed by atoms with van der Waals surface area (Å²) >= 11 is 1.49.